The van der Waals surface area contributed by atoms with Gasteiger partial charge in [-0.3, -0.25) is 0 Å². The Balaban J connectivity index is 2.72. The molecule has 19 heavy (non-hydrogen) atoms. The predicted molar refractivity (Wildman–Crippen MR) is 74.3 cm³/mol. The van der Waals surface area contributed by atoms with E-state index >= 15 is 0 Å². The van der Waals surface area contributed by atoms with Crippen molar-refractivity contribution in [3.05, 3.63) is 17.7 Å². The van der Waals surface area contributed by atoms with Crippen molar-refractivity contribution >= 4 is 0 Å². The van der Waals surface area contributed by atoms with E-state index in [9.17, 15) is 0 Å². The molecule has 1 rings (SSSR count). The smallest absolute Gasteiger partial charge is 0.203 e. The Morgan fingerprint density at radius 2 is 1.74 bits per heavy atom. The maximum absolute atomic E-state index is 5.41. The fourth-order valence-electron chi connectivity index (χ4n) is 1.81. The molecule has 0 saturated carbocycles. The summed E-state index contributed by atoms with van der Waals surface area (Å²) >= 11 is 0. The average Bonchev–Trinajstić information content (AvgIpc) is 2.45. The van der Waals surface area contributed by atoms with E-state index < -0.39 is 0 Å². The minimum absolute atomic E-state index is 0.620. The second kappa shape index (κ2) is 8.61. The van der Waals surface area contributed by atoms with Crippen LogP contribution in [-0.2, 0) is 11.3 Å². The summed E-state index contributed by atoms with van der Waals surface area (Å²) in [6, 6.07) is 3.84. The van der Waals surface area contributed by atoms with Crippen LogP contribution >= 0.6 is 0 Å². The molecule has 0 aliphatic carbocycles. The van der Waals surface area contributed by atoms with E-state index in [1.165, 1.54) is 0 Å². The molecule has 0 aliphatic rings. The van der Waals surface area contributed by atoms with Crippen LogP contribution in [0.2, 0.25) is 0 Å². The van der Waals surface area contributed by atoms with Crippen molar-refractivity contribution in [1.82, 2.24) is 5.32 Å². The number of rotatable bonds is 9. The molecule has 0 aliphatic heterocycles. The van der Waals surface area contributed by atoms with Gasteiger partial charge in [-0.1, -0.05) is 6.07 Å². The van der Waals surface area contributed by atoms with E-state index in [4.69, 9.17) is 18.9 Å². The van der Waals surface area contributed by atoms with Gasteiger partial charge in [0.2, 0.25) is 5.75 Å². The van der Waals surface area contributed by atoms with Gasteiger partial charge in [-0.2, -0.15) is 0 Å². The van der Waals surface area contributed by atoms with Gasteiger partial charge in [0, 0.05) is 25.3 Å². The van der Waals surface area contributed by atoms with Crippen LogP contribution in [0.1, 0.15) is 12.5 Å². The van der Waals surface area contributed by atoms with Crippen molar-refractivity contribution in [3.8, 4) is 17.2 Å². The third kappa shape index (κ3) is 4.29. The highest BCUT2D eigenvalue weighted by atomic mass is 16.5. The summed E-state index contributed by atoms with van der Waals surface area (Å²) in [4.78, 5) is 0. The number of benzene rings is 1. The van der Waals surface area contributed by atoms with Crippen molar-refractivity contribution in [2.24, 2.45) is 0 Å². The molecule has 0 bridgehead atoms. The fourth-order valence-corrected chi connectivity index (χ4v) is 1.81. The lowest BCUT2D eigenvalue weighted by Gasteiger charge is -2.16. The monoisotopic (exact) mass is 269 g/mol. The molecule has 0 fully saturated rings. The molecule has 0 spiro atoms. The van der Waals surface area contributed by atoms with Crippen LogP contribution in [0.5, 0.6) is 17.2 Å². The second-order valence-electron chi connectivity index (χ2n) is 3.87. The summed E-state index contributed by atoms with van der Waals surface area (Å²) in [5, 5.41) is 3.30. The average molecular weight is 269 g/mol. The number of ether oxygens (including phenoxy) is 4. The van der Waals surface area contributed by atoms with Crippen molar-refractivity contribution in [3.63, 3.8) is 0 Å². The fraction of sp³-hybridized carbons (Fsp3) is 0.571. The van der Waals surface area contributed by atoms with Gasteiger partial charge in [-0.15, -0.1) is 0 Å². The van der Waals surface area contributed by atoms with E-state index in [-0.39, 0.29) is 0 Å². The molecule has 5 nitrogen and oxygen atoms in total. The molecule has 0 amide bonds. The minimum atomic E-state index is 0.620. The van der Waals surface area contributed by atoms with Crippen molar-refractivity contribution < 1.29 is 18.9 Å². The van der Waals surface area contributed by atoms with Gasteiger partial charge in [-0.25, -0.2) is 0 Å². The summed E-state index contributed by atoms with van der Waals surface area (Å²) < 4.78 is 21.3. The molecule has 1 aromatic carbocycles. The van der Waals surface area contributed by atoms with E-state index in [0.717, 1.165) is 18.7 Å². The van der Waals surface area contributed by atoms with E-state index in [1.807, 2.05) is 19.1 Å². The Morgan fingerprint density at radius 3 is 2.32 bits per heavy atom. The molecule has 0 heterocycles. The van der Waals surface area contributed by atoms with Gasteiger partial charge in [-0.05, 0) is 13.0 Å². The zero-order valence-electron chi connectivity index (χ0n) is 12.1. The Bertz CT molecular complexity index is 382. The molecule has 0 saturated heterocycles. The first kappa shape index (κ1) is 15.6. The van der Waals surface area contributed by atoms with Crippen LogP contribution < -0.4 is 19.5 Å². The zero-order valence-corrected chi connectivity index (χ0v) is 12.1. The third-order valence-corrected chi connectivity index (χ3v) is 2.73. The van der Waals surface area contributed by atoms with E-state index in [1.54, 1.807) is 21.3 Å². The maximum Gasteiger partial charge on any atom is 0.203 e. The van der Waals surface area contributed by atoms with Gasteiger partial charge in [0.15, 0.2) is 11.5 Å². The number of methoxy groups -OCH3 is 3. The summed E-state index contributed by atoms with van der Waals surface area (Å²) in [5.41, 5.74) is 1.02. The molecule has 0 unspecified atom stereocenters. The SMILES string of the molecule is CCOCCNCc1ccc(OC)c(OC)c1OC. The normalized spacial score (nSPS) is 10.3. The highest BCUT2D eigenvalue weighted by Gasteiger charge is 2.15. The summed E-state index contributed by atoms with van der Waals surface area (Å²) in [7, 11) is 4.84. The lowest BCUT2D eigenvalue weighted by Crippen LogP contribution is -2.19. The van der Waals surface area contributed by atoms with Crippen LogP contribution in [0.15, 0.2) is 12.1 Å². The molecule has 0 radical (unpaired) electrons. The largest absolute Gasteiger partial charge is 0.493 e. The maximum atomic E-state index is 5.41. The highest BCUT2D eigenvalue weighted by Crippen LogP contribution is 2.39. The van der Waals surface area contributed by atoms with Gasteiger partial charge in [0.25, 0.3) is 0 Å². The van der Waals surface area contributed by atoms with E-state index in [0.29, 0.717) is 30.4 Å². The third-order valence-electron chi connectivity index (χ3n) is 2.73. The van der Waals surface area contributed by atoms with Crippen molar-refractivity contribution in [2.75, 3.05) is 41.1 Å². The van der Waals surface area contributed by atoms with Gasteiger partial charge in [0.05, 0.1) is 27.9 Å². The predicted octanol–water partition coefficient (Wildman–Crippen LogP) is 1.84. The Hall–Kier alpha value is -1.46. The lowest BCUT2D eigenvalue weighted by molar-refractivity contribution is 0.149. The minimum Gasteiger partial charge on any atom is -0.493 e. The van der Waals surface area contributed by atoms with Crippen LogP contribution in [0.25, 0.3) is 0 Å². The van der Waals surface area contributed by atoms with Crippen molar-refractivity contribution in [2.45, 2.75) is 13.5 Å². The lowest BCUT2D eigenvalue weighted by atomic mass is 10.1. The second-order valence-corrected chi connectivity index (χ2v) is 3.87. The van der Waals surface area contributed by atoms with Crippen LogP contribution in [-0.4, -0.2) is 41.1 Å². The van der Waals surface area contributed by atoms with Crippen LogP contribution in [0, 0.1) is 0 Å². The molecule has 0 aromatic heterocycles. The van der Waals surface area contributed by atoms with Gasteiger partial charge >= 0.3 is 0 Å². The van der Waals surface area contributed by atoms with Crippen LogP contribution in [0.3, 0.4) is 0 Å². The quantitative estimate of drug-likeness (QED) is 0.693. The highest BCUT2D eigenvalue weighted by molar-refractivity contribution is 5.55. The first-order valence-corrected chi connectivity index (χ1v) is 6.34. The topological polar surface area (TPSA) is 49.0 Å². The standard InChI is InChI=1S/C14H23NO4/c1-5-19-9-8-15-10-11-6-7-12(16-2)14(18-4)13(11)17-3/h6-7,15H,5,8-10H2,1-4H3. The molecule has 5 heteroatoms. The zero-order chi connectivity index (χ0) is 14.1. The summed E-state index contributed by atoms with van der Waals surface area (Å²) in [5.74, 6) is 1.98. The molecular weight excluding hydrogens is 246 g/mol. The van der Waals surface area contributed by atoms with Crippen molar-refractivity contribution in [1.29, 1.82) is 0 Å². The Morgan fingerprint density at radius 1 is 1.00 bits per heavy atom. The summed E-state index contributed by atoms with van der Waals surface area (Å²) in [6.07, 6.45) is 0. The number of nitrogens with one attached hydrogen (secondary N) is 1. The molecule has 0 atom stereocenters. The number of hydrogen-bond acceptors (Lipinski definition) is 5. The van der Waals surface area contributed by atoms with Gasteiger partial charge < -0.3 is 24.3 Å². The molecule has 108 valence electrons. The first-order chi connectivity index (χ1) is 9.28. The summed E-state index contributed by atoms with van der Waals surface area (Å²) in [6.45, 7) is 4.91. The van der Waals surface area contributed by atoms with E-state index in [2.05, 4.69) is 5.32 Å². The number of hydrogen-bond donors (Lipinski definition) is 1. The molecule has 1 N–H and O–H groups in total. The molecule has 1 aromatic rings. The van der Waals surface area contributed by atoms with Crippen LogP contribution in [0.4, 0.5) is 0 Å². The van der Waals surface area contributed by atoms with Gasteiger partial charge in [0.1, 0.15) is 0 Å². The molecular formula is C14H23NO4. The Labute approximate surface area is 114 Å². The Kier molecular flexibility index (Phi) is 7.07. The first-order valence-electron chi connectivity index (χ1n) is 6.34.